The standard InChI is InChI=1S/C16H13N3O2/c20-19(21)15-6-4-14(5-7-15)18-11-13-3-1-2-12-10-17-9-8-16(12)13/h1-10,18H,11H2. The van der Waals surface area contributed by atoms with E-state index in [-0.39, 0.29) is 5.69 Å². The molecule has 0 aliphatic carbocycles. The third-order valence-corrected chi connectivity index (χ3v) is 3.33. The van der Waals surface area contributed by atoms with Crippen molar-refractivity contribution in [2.75, 3.05) is 5.32 Å². The molecule has 21 heavy (non-hydrogen) atoms. The Morgan fingerprint density at radius 3 is 2.67 bits per heavy atom. The van der Waals surface area contributed by atoms with Crippen LogP contribution in [0.4, 0.5) is 11.4 Å². The number of benzene rings is 2. The van der Waals surface area contributed by atoms with Gasteiger partial charge in [-0.2, -0.15) is 0 Å². The zero-order chi connectivity index (χ0) is 14.7. The van der Waals surface area contributed by atoms with Gasteiger partial charge in [0, 0.05) is 42.1 Å². The van der Waals surface area contributed by atoms with E-state index in [2.05, 4.69) is 16.4 Å². The fourth-order valence-electron chi connectivity index (χ4n) is 2.24. The first-order chi connectivity index (χ1) is 10.2. The van der Waals surface area contributed by atoms with Crippen molar-refractivity contribution in [3.8, 4) is 0 Å². The molecule has 0 saturated heterocycles. The van der Waals surface area contributed by atoms with Crippen LogP contribution in [0.1, 0.15) is 5.56 Å². The van der Waals surface area contributed by atoms with Crippen LogP contribution >= 0.6 is 0 Å². The second-order valence-electron chi connectivity index (χ2n) is 4.67. The Labute approximate surface area is 121 Å². The number of non-ortho nitro benzene ring substituents is 1. The number of fused-ring (bicyclic) bond motifs is 1. The molecule has 1 aromatic heterocycles. The molecule has 0 bridgehead atoms. The van der Waals surface area contributed by atoms with Crippen molar-refractivity contribution in [3.05, 3.63) is 76.6 Å². The monoisotopic (exact) mass is 279 g/mol. The predicted molar refractivity (Wildman–Crippen MR) is 82.2 cm³/mol. The Bertz CT molecular complexity index is 780. The Morgan fingerprint density at radius 1 is 1.10 bits per heavy atom. The summed E-state index contributed by atoms with van der Waals surface area (Å²) in [5.74, 6) is 0. The lowest BCUT2D eigenvalue weighted by molar-refractivity contribution is -0.384. The highest BCUT2D eigenvalue weighted by Crippen LogP contribution is 2.20. The molecular formula is C16H13N3O2. The molecule has 0 radical (unpaired) electrons. The summed E-state index contributed by atoms with van der Waals surface area (Å²) < 4.78 is 0. The van der Waals surface area contributed by atoms with E-state index in [4.69, 9.17) is 0 Å². The normalized spacial score (nSPS) is 10.5. The van der Waals surface area contributed by atoms with E-state index in [9.17, 15) is 10.1 Å². The van der Waals surface area contributed by atoms with Gasteiger partial charge in [-0.3, -0.25) is 15.1 Å². The summed E-state index contributed by atoms with van der Waals surface area (Å²) in [4.78, 5) is 14.3. The van der Waals surface area contributed by atoms with Gasteiger partial charge in [0.2, 0.25) is 0 Å². The maximum absolute atomic E-state index is 10.6. The quantitative estimate of drug-likeness (QED) is 0.583. The number of nitro benzene ring substituents is 1. The first kappa shape index (κ1) is 13.1. The number of hydrogen-bond acceptors (Lipinski definition) is 4. The van der Waals surface area contributed by atoms with E-state index in [0.717, 1.165) is 22.0 Å². The van der Waals surface area contributed by atoms with Gasteiger partial charge in [-0.05, 0) is 29.1 Å². The van der Waals surface area contributed by atoms with Crippen molar-refractivity contribution in [1.82, 2.24) is 4.98 Å². The van der Waals surface area contributed by atoms with Crippen LogP contribution in [0.3, 0.4) is 0 Å². The van der Waals surface area contributed by atoms with Gasteiger partial charge < -0.3 is 5.32 Å². The first-order valence-electron chi connectivity index (χ1n) is 6.54. The maximum Gasteiger partial charge on any atom is 0.269 e. The van der Waals surface area contributed by atoms with Gasteiger partial charge in [-0.25, -0.2) is 0 Å². The zero-order valence-electron chi connectivity index (χ0n) is 11.2. The van der Waals surface area contributed by atoms with Crippen LogP contribution in [-0.2, 0) is 6.54 Å². The molecule has 5 heteroatoms. The van der Waals surface area contributed by atoms with Gasteiger partial charge in [0.15, 0.2) is 0 Å². The summed E-state index contributed by atoms with van der Waals surface area (Å²) in [7, 11) is 0. The van der Waals surface area contributed by atoms with E-state index in [0.29, 0.717) is 6.54 Å². The number of aromatic nitrogens is 1. The average molecular weight is 279 g/mol. The van der Waals surface area contributed by atoms with Crippen molar-refractivity contribution in [2.24, 2.45) is 0 Å². The molecule has 0 spiro atoms. The number of rotatable bonds is 4. The number of nitro groups is 1. The summed E-state index contributed by atoms with van der Waals surface area (Å²) in [6.45, 7) is 0.652. The van der Waals surface area contributed by atoms with E-state index in [1.807, 2.05) is 24.4 Å². The number of hydrogen-bond donors (Lipinski definition) is 1. The molecule has 0 aliphatic heterocycles. The molecule has 2 aromatic carbocycles. The van der Waals surface area contributed by atoms with Crippen molar-refractivity contribution in [1.29, 1.82) is 0 Å². The Kier molecular flexibility index (Phi) is 3.47. The van der Waals surface area contributed by atoms with E-state index in [1.165, 1.54) is 12.1 Å². The van der Waals surface area contributed by atoms with Gasteiger partial charge >= 0.3 is 0 Å². The minimum Gasteiger partial charge on any atom is -0.381 e. The summed E-state index contributed by atoms with van der Waals surface area (Å²) in [5.41, 5.74) is 2.11. The third kappa shape index (κ3) is 2.81. The number of nitrogens with one attached hydrogen (secondary N) is 1. The molecule has 1 heterocycles. The second-order valence-corrected chi connectivity index (χ2v) is 4.67. The molecule has 0 fully saturated rings. The van der Waals surface area contributed by atoms with Crippen LogP contribution in [0.25, 0.3) is 10.8 Å². The third-order valence-electron chi connectivity index (χ3n) is 3.33. The molecule has 0 unspecified atom stereocenters. The number of pyridine rings is 1. The fraction of sp³-hybridized carbons (Fsp3) is 0.0625. The van der Waals surface area contributed by atoms with Crippen LogP contribution in [0, 0.1) is 10.1 Å². The molecule has 1 N–H and O–H groups in total. The average Bonchev–Trinajstić information content (AvgIpc) is 2.53. The van der Waals surface area contributed by atoms with Gasteiger partial charge in [0.1, 0.15) is 0 Å². The van der Waals surface area contributed by atoms with Crippen LogP contribution in [-0.4, -0.2) is 9.91 Å². The second kappa shape index (κ2) is 5.58. The minimum atomic E-state index is -0.401. The maximum atomic E-state index is 10.6. The minimum absolute atomic E-state index is 0.0942. The molecule has 0 amide bonds. The Balaban J connectivity index is 1.79. The van der Waals surface area contributed by atoms with E-state index in [1.54, 1.807) is 18.3 Å². The van der Waals surface area contributed by atoms with E-state index >= 15 is 0 Å². The molecule has 3 rings (SSSR count). The Morgan fingerprint density at radius 2 is 1.90 bits per heavy atom. The molecule has 5 nitrogen and oxygen atoms in total. The van der Waals surface area contributed by atoms with Crippen molar-refractivity contribution < 1.29 is 4.92 Å². The molecule has 104 valence electrons. The number of anilines is 1. The molecule has 0 saturated carbocycles. The first-order valence-corrected chi connectivity index (χ1v) is 6.54. The van der Waals surface area contributed by atoms with Crippen LogP contribution in [0.2, 0.25) is 0 Å². The lowest BCUT2D eigenvalue weighted by Crippen LogP contribution is -2.00. The highest BCUT2D eigenvalue weighted by atomic mass is 16.6. The highest BCUT2D eigenvalue weighted by Gasteiger charge is 2.04. The van der Waals surface area contributed by atoms with Crippen molar-refractivity contribution in [3.63, 3.8) is 0 Å². The van der Waals surface area contributed by atoms with E-state index < -0.39 is 4.92 Å². The summed E-state index contributed by atoms with van der Waals surface area (Å²) in [5, 5.41) is 16.1. The topological polar surface area (TPSA) is 68.1 Å². The SMILES string of the molecule is O=[N+]([O-])c1ccc(NCc2cccc3cnccc23)cc1. The van der Waals surface area contributed by atoms with Crippen LogP contribution < -0.4 is 5.32 Å². The van der Waals surface area contributed by atoms with Gasteiger partial charge in [0.05, 0.1) is 4.92 Å². The van der Waals surface area contributed by atoms with Crippen molar-refractivity contribution >= 4 is 22.1 Å². The lowest BCUT2D eigenvalue weighted by Gasteiger charge is -2.09. The van der Waals surface area contributed by atoms with Crippen molar-refractivity contribution in [2.45, 2.75) is 6.54 Å². The molecule has 0 aliphatic rings. The zero-order valence-corrected chi connectivity index (χ0v) is 11.2. The fourth-order valence-corrected chi connectivity index (χ4v) is 2.24. The van der Waals surface area contributed by atoms with Gasteiger partial charge in [-0.15, -0.1) is 0 Å². The molecule has 0 atom stereocenters. The molecular weight excluding hydrogens is 266 g/mol. The van der Waals surface area contributed by atoms with Crippen LogP contribution in [0.15, 0.2) is 60.9 Å². The Hall–Kier alpha value is -2.95. The summed E-state index contributed by atoms with van der Waals surface area (Å²) in [6, 6.07) is 14.5. The summed E-state index contributed by atoms with van der Waals surface area (Å²) >= 11 is 0. The van der Waals surface area contributed by atoms with Gasteiger partial charge in [-0.1, -0.05) is 18.2 Å². The predicted octanol–water partition coefficient (Wildman–Crippen LogP) is 3.76. The van der Waals surface area contributed by atoms with Crippen LogP contribution in [0.5, 0.6) is 0 Å². The summed E-state index contributed by atoms with van der Waals surface area (Å²) in [6.07, 6.45) is 3.61. The lowest BCUT2D eigenvalue weighted by atomic mass is 10.1. The molecule has 3 aromatic rings. The largest absolute Gasteiger partial charge is 0.381 e. The highest BCUT2D eigenvalue weighted by molar-refractivity contribution is 5.84. The smallest absolute Gasteiger partial charge is 0.269 e. The number of nitrogens with zero attached hydrogens (tertiary/aromatic N) is 2. The van der Waals surface area contributed by atoms with Gasteiger partial charge in [0.25, 0.3) is 5.69 Å².